The van der Waals surface area contributed by atoms with Crippen molar-refractivity contribution in [2.24, 2.45) is 0 Å². The zero-order chi connectivity index (χ0) is 28.7. The molecule has 0 saturated carbocycles. The molecule has 0 amide bonds. The van der Waals surface area contributed by atoms with Crippen LogP contribution in [0.5, 0.6) is 11.5 Å². The molecule has 0 N–H and O–H groups in total. The Kier molecular flexibility index (Phi) is 8.25. The fraction of sp³-hybridized carbons (Fsp3) is 0.304. The van der Waals surface area contributed by atoms with Crippen molar-refractivity contribution in [1.29, 1.82) is 0 Å². The number of hydrogen-bond donors (Lipinski definition) is 0. The molecule has 0 aromatic heterocycles. The Balaban J connectivity index is 2.94. The molecule has 2 nitrogen and oxygen atoms in total. The molecule has 37 heavy (non-hydrogen) atoms. The van der Waals surface area contributed by atoms with Crippen molar-refractivity contribution in [3.8, 4) is 11.5 Å². The lowest BCUT2D eigenvalue weighted by Gasteiger charge is -2.39. The van der Waals surface area contributed by atoms with Crippen molar-refractivity contribution in [3.05, 3.63) is 81.8 Å². The summed E-state index contributed by atoms with van der Waals surface area (Å²) in [5.41, 5.74) is -9.75. The first-order valence-corrected chi connectivity index (χ1v) is 9.89. The minimum Gasteiger partial charge on any atom is -0.427 e. The Morgan fingerprint density at radius 3 is 0.946 bits per heavy atom. The quantitative estimate of drug-likeness (QED) is 0.263. The second-order valence-corrected chi connectivity index (χ2v) is 7.90. The van der Waals surface area contributed by atoms with Crippen LogP contribution >= 0.6 is 0 Å². The van der Waals surface area contributed by atoms with Gasteiger partial charge in [0.2, 0.25) is 5.41 Å². The largest absolute Gasteiger partial charge is 0.427 e. The normalized spacial score (nSPS) is 12.3. The molecule has 0 saturated heterocycles. The average molecular weight is 552 g/mol. The summed E-state index contributed by atoms with van der Waals surface area (Å²) in [6, 6.07) is -3.40. The van der Waals surface area contributed by atoms with Crippen molar-refractivity contribution in [2.45, 2.75) is 45.5 Å². The Hall–Kier alpha value is -3.32. The van der Waals surface area contributed by atoms with E-state index in [-0.39, 0.29) is 0 Å². The molecule has 0 aliphatic heterocycles. The van der Waals surface area contributed by atoms with Crippen LogP contribution in [-0.4, -0.2) is 12.4 Å². The van der Waals surface area contributed by atoms with Crippen LogP contribution in [-0.2, 0) is 5.41 Å². The third-order valence-electron chi connectivity index (χ3n) is 5.32. The molecule has 0 fully saturated rings. The Morgan fingerprint density at radius 1 is 0.514 bits per heavy atom. The molecule has 0 radical (unpaired) electrons. The van der Waals surface area contributed by atoms with Crippen LogP contribution in [0.25, 0.3) is 0 Å². The smallest absolute Gasteiger partial charge is 0.411 e. The van der Waals surface area contributed by atoms with Crippen molar-refractivity contribution in [3.63, 3.8) is 0 Å². The summed E-state index contributed by atoms with van der Waals surface area (Å²) in [6.07, 6.45) is -18.0. The first kappa shape index (κ1) is 29.9. The molecule has 0 spiro atoms. The predicted molar refractivity (Wildman–Crippen MR) is 107 cm³/mol. The Morgan fingerprint density at radius 2 is 0.757 bits per heavy atom. The van der Waals surface area contributed by atoms with Gasteiger partial charge in [0.1, 0.15) is 11.5 Å². The lowest BCUT2D eigenvalue weighted by atomic mass is 9.71. The maximum absolute atomic E-state index is 14.5. The maximum Gasteiger partial charge on any atom is 0.411 e. The monoisotopic (exact) mass is 552 g/mol. The maximum atomic E-state index is 14.5. The van der Waals surface area contributed by atoms with Gasteiger partial charge in [0.25, 0.3) is 0 Å². The van der Waals surface area contributed by atoms with Gasteiger partial charge < -0.3 is 9.47 Å². The summed E-state index contributed by atoms with van der Waals surface area (Å²) in [7, 11) is 0. The van der Waals surface area contributed by atoms with Gasteiger partial charge in [-0.2, -0.15) is 52.7 Å². The molecule has 2 aromatic rings. The highest BCUT2D eigenvalue weighted by Gasteiger charge is 2.72. The third-order valence-corrected chi connectivity index (χ3v) is 5.32. The summed E-state index contributed by atoms with van der Waals surface area (Å²) >= 11 is 0. The fourth-order valence-electron chi connectivity index (χ4n) is 3.89. The molecular weight excluding hydrogens is 536 g/mol. The van der Waals surface area contributed by atoms with Gasteiger partial charge in [-0.1, -0.05) is 24.3 Å². The molecule has 0 unspecified atom stereocenters. The number of benzene rings is 2. The third kappa shape index (κ3) is 5.52. The molecule has 0 bridgehead atoms. The molecule has 2 aromatic carbocycles. The van der Waals surface area contributed by atoms with Crippen molar-refractivity contribution >= 4 is 0 Å². The van der Waals surface area contributed by atoms with E-state index in [9.17, 15) is 52.7 Å². The average Bonchev–Trinajstić information content (AvgIpc) is 2.71. The first-order chi connectivity index (χ1) is 16.7. The SMILES string of the molecule is Cc1cc(C(c2cc(C)c(OC(F)=C(F)F)c(C)c2)(C(F)(F)F)C(F)(F)F)cc(C)c1OC(F)=C(F)F. The van der Waals surface area contributed by atoms with E-state index in [0.717, 1.165) is 27.7 Å². The van der Waals surface area contributed by atoms with Crippen LogP contribution in [0.15, 0.2) is 48.5 Å². The van der Waals surface area contributed by atoms with E-state index >= 15 is 0 Å². The topological polar surface area (TPSA) is 18.5 Å². The molecule has 0 heterocycles. The fourth-order valence-corrected chi connectivity index (χ4v) is 3.89. The predicted octanol–water partition coefficient (Wildman–Crippen LogP) is 9.16. The molecule has 0 aliphatic rings. The standard InChI is InChI=1S/C23H16F12O2/c1-9-5-13(6-10(2)15(9)36-19(28)17(24)25)21(22(30,31)32,23(33,34)35)14-7-11(3)16(12(4)8-14)37-20(29)18(26)27/h5-8H,1-4H3. The summed E-state index contributed by atoms with van der Waals surface area (Å²) in [5.74, 6) is -1.47. The zero-order valence-electron chi connectivity index (χ0n) is 19.2. The molecule has 2 rings (SSSR count). The number of alkyl halides is 6. The highest BCUT2D eigenvalue weighted by Crippen LogP contribution is 2.57. The summed E-state index contributed by atoms with van der Waals surface area (Å²) in [5, 5.41) is 0. The number of aryl methyl sites for hydroxylation is 4. The van der Waals surface area contributed by atoms with Crippen molar-refractivity contribution < 1.29 is 62.2 Å². The van der Waals surface area contributed by atoms with Crippen LogP contribution in [0, 0.1) is 27.7 Å². The molecule has 0 aliphatic carbocycles. The van der Waals surface area contributed by atoms with Crippen LogP contribution in [0.4, 0.5) is 52.7 Å². The highest BCUT2D eigenvalue weighted by atomic mass is 19.4. The van der Waals surface area contributed by atoms with E-state index in [4.69, 9.17) is 0 Å². The van der Waals surface area contributed by atoms with Crippen LogP contribution in [0.2, 0.25) is 0 Å². The first-order valence-electron chi connectivity index (χ1n) is 9.89. The number of halogens is 12. The van der Waals surface area contributed by atoms with Gasteiger partial charge in [0.15, 0.2) is 0 Å². The molecule has 0 atom stereocenters. The van der Waals surface area contributed by atoms with E-state index < -0.39 is 86.8 Å². The summed E-state index contributed by atoms with van der Waals surface area (Å²) < 4.78 is 172. The lowest BCUT2D eigenvalue weighted by Crippen LogP contribution is -2.55. The number of rotatable bonds is 6. The van der Waals surface area contributed by atoms with E-state index in [2.05, 4.69) is 9.47 Å². The molecule has 204 valence electrons. The second-order valence-electron chi connectivity index (χ2n) is 7.90. The van der Waals surface area contributed by atoms with Gasteiger partial charge in [0.05, 0.1) is 0 Å². The van der Waals surface area contributed by atoms with Crippen LogP contribution in [0.1, 0.15) is 33.4 Å². The number of hydrogen-bond acceptors (Lipinski definition) is 2. The van der Waals surface area contributed by atoms with Gasteiger partial charge in [-0.05, 0) is 61.1 Å². The van der Waals surface area contributed by atoms with Crippen molar-refractivity contribution in [2.75, 3.05) is 0 Å². The van der Waals surface area contributed by atoms with Gasteiger partial charge in [-0.3, -0.25) is 0 Å². The summed E-state index contributed by atoms with van der Waals surface area (Å²) in [4.78, 5) is 0. The highest BCUT2D eigenvalue weighted by molar-refractivity contribution is 5.55. The lowest BCUT2D eigenvalue weighted by molar-refractivity contribution is -0.288. The van der Waals surface area contributed by atoms with E-state index in [1.807, 2.05) is 0 Å². The van der Waals surface area contributed by atoms with Gasteiger partial charge in [-0.25, -0.2) is 0 Å². The van der Waals surface area contributed by atoms with Gasteiger partial charge in [0, 0.05) is 0 Å². The minimum atomic E-state index is -6.08. The van der Waals surface area contributed by atoms with Gasteiger partial charge >= 0.3 is 36.5 Å². The minimum absolute atomic E-state index is 0.350. The molecular formula is C23H16F12O2. The van der Waals surface area contributed by atoms with E-state index in [0.29, 0.717) is 24.3 Å². The Labute approximate surface area is 201 Å². The van der Waals surface area contributed by atoms with E-state index in [1.54, 1.807) is 0 Å². The molecule has 14 heteroatoms. The van der Waals surface area contributed by atoms with Gasteiger partial charge in [-0.15, -0.1) is 0 Å². The van der Waals surface area contributed by atoms with E-state index in [1.165, 1.54) is 0 Å². The van der Waals surface area contributed by atoms with Crippen LogP contribution in [0.3, 0.4) is 0 Å². The summed E-state index contributed by atoms with van der Waals surface area (Å²) in [6.45, 7) is 3.67. The number of ether oxygens (including phenoxy) is 2. The Bertz CT molecular complexity index is 1100. The van der Waals surface area contributed by atoms with Crippen molar-refractivity contribution in [1.82, 2.24) is 0 Å². The van der Waals surface area contributed by atoms with Crippen LogP contribution < -0.4 is 9.47 Å². The second kappa shape index (κ2) is 10.2. The zero-order valence-corrected chi connectivity index (χ0v) is 19.2.